The molecule has 0 radical (unpaired) electrons. The molecule has 0 amide bonds. The Kier molecular flexibility index (Phi) is 3.73. The first-order chi connectivity index (χ1) is 12.5. The average Bonchev–Trinajstić information content (AvgIpc) is 3.00. The molecule has 1 aromatic rings. The van der Waals surface area contributed by atoms with E-state index in [-0.39, 0.29) is 6.10 Å². The average molecular weight is 350 g/mol. The standard InChI is InChI=1S/C24H31NO/c1-23-11-9-18(26)14-17(23)5-6-19-21-8-7-20(16-4-3-13-25-15-16)24(21,2)12-10-22(19)23/h3-5,7,13,15,18-19,21-22,26H,6,8-12,14H2,1-2H3/t18-,19-,21-,22-,23-,24?/m0/s1. The van der Waals surface area contributed by atoms with Crippen molar-refractivity contribution in [1.82, 2.24) is 4.98 Å². The molecular formula is C24H31NO. The van der Waals surface area contributed by atoms with Crippen LogP contribution < -0.4 is 0 Å². The van der Waals surface area contributed by atoms with Gasteiger partial charge in [-0.1, -0.05) is 37.6 Å². The lowest BCUT2D eigenvalue weighted by atomic mass is 9.47. The van der Waals surface area contributed by atoms with Gasteiger partial charge in [0.25, 0.3) is 0 Å². The maximum absolute atomic E-state index is 10.2. The Morgan fingerprint density at radius 1 is 1.04 bits per heavy atom. The summed E-state index contributed by atoms with van der Waals surface area (Å²) in [6.45, 7) is 5.03. The van der Waals surface area contributed by atoms with E-state index in [2.05, 4.69) is 43.1 Å². The fourth-order valence-electron chi connectivity index (χ4n) is 7.18. The predicted molar refractivity (Wildman–Crippen MR) is 105 cm³/mol. The van der Waals surface area contributed by atoms with Gasteiger partial charge >= 0.3 is 0 Å². The summed E-state index contributed by atoms with van der Waals surface area (Å²) in [5.74, 6) is 2.36. The maximum Gasteiger partial charge on any atom is 0.0577 e. The van der Waals surface area contributed by atoms with Gasteiger partial charge in [0.1, 0.15) is 0 Å². The zero-order chi connectivity index (χ0) is 17.9. The number of hydrogen-bond donors (Lipinski definition) is 1. The van der Waals surface area contributed by atoms with Crippen LogP contribution in [0.25, 0.3) is 5.57 Å². The van der Waals surface area contributed by atoms with Crippen LogP contribution in [-0.2, 0) is 0 Å². The van der Waals surface area contributed by atoms with Gasteiger partial charge < -0.3 is 5.11 Å². The molecule has 4 aliphatic carbocycles. The topological polar surface area (TPSA) is 33.1 Å². The van der Waals surface area contributed by atoms with Crippen molar-refractivity contribution >= 4 is 5.57 Å². The predicted octanol–water partition coefficient (Wildman–Crippen LogP) is 5.40. The molecule has 0 aromatic carbocycles. The first-order valence-corrected chi connectivity index (χ1v) is 10.5. The second kappa shape index (κ2) is 5.79. The van der Waals surface area contributed by atoms with Gasteiger partial charge in [0, 0.05) is 12.4 Å². The minimum absolute atomic E-state index is 0.106. The number of nitrogens with zero attached hydrogens (tertiary/aromatic N) is 1. The molecule has 138 valence electrons. The van der Waals surface area contributed by atoms with E-state index >= 15 is 0 Å². The second-order valence-electron chi connectivity index (χ2n) is 9.71. The summed E-state index contributed by atoms with van der Waals surface area (Å²) in [7, 11) is 0. The van der Waals surface area contributed by atoms with Crippen LogP contribution in [0.4, 0.5) is 0 Å². The molecule has 4 aliphatic rings. The van der Waals surface area contributed by atoms with Crippen LogP contribution in [0.3, 0.4) is 0 Å². The van der Waals surface area contributed by atoms with E-state index in [9.17, 15) is 5.11 Å². The molecule has 1 aromatic heterocycles. The summed E-state index contributed by atoms with van der Waals surface area (Å²) in [6, 6.07) is 4.31. The van der Waals surface area contributed by atoms with Crippen molar-refractivity contribution in [3.63, 3.8) is 0 Å². The molecule has 0 spiro atoms. The van der Waals surface area contributed by atoms with Crippen LogP contribution in [0.1, 0.15) is 64.4 Å². The zero-order valence-corrected chi connectivity index (χ0v) is 16.1. The molecule has 2 fully saturated rings. The molecule has 2 nitrogen and oxygen atoms in total. The fraction of sp³-hybridized carbons (Fsp3) is 0.625. The van der Waals surface area contributed by atoms with Crippen LogP contribution >= 0.6 is 0 Å². The summed E-state index contributed by atoms with van der Waals surface area (Å²) in [5.41, 5.74) is 5.09. The van der Waals surface area contributed by atoms with Gasteiger partial charge in [-0.05, 0) is 90.7 Å². The molecule has 2 saturated carbocycles. The molecule has 26 heavy (non-hydrogen) atoms. The Morgan fingerprint density at radius 2 is 1.88 bits per heavy atom. The molecule has 0 bridgehead atoms. The van der Waals surface area contributed by atoms with Gasteiger partial charge in [-0.2, -0.15) is 0 Å². The lowest BCUT2D eigenvalue weighted by Crippen LogP contribution is -2.49. The smallest absolute Gasteiger partial charge is 0.0577 e. The van der Waals surface area contributed by atoms with E-state index in [1.165, 1.54) is 37.7 Å². The van der Waals surface area contributed by atoms with Crippen molar-refractivity contribution in [3.05, 3.63) is 47.8 Å². The van der Waals surface area contributed by atoms with Crippen molar-refractivity contribution in [2.45, 2.75) is 64.9 Å². The van der Waals surface area contributed by atoms with Gasteiger partial charge in [0.15, 0.2) is 0 Å². The van der Waals surface area contributed by atoms with E-state index < -0.39 is 0 Å². The second-order valence-corrected chi connectivity index (χ2v) is 9.71. The number of allylic oxidation sites excluding steroid dienone is 3. The molecule has 1 unspecified atom stereocenters. The Morgan fingerprint density at radius 3 is 2.69 bits per heavy atom. The maximum atomic E-state index is 10.2. The highest BCUT2D eigenvalue weighted by Gasteiger charge is 2.56. The highest BCUT2D eigenvalue weighted by molar-refractivity contribution is 5.72. The Labute approximate surface area is 157 Å². The summed E-state index contributed by atoms with van der Waals surface area (Å²) in [5, 5.41) is 10.2. The van der Waals surface area contributed by atoms with Gasteiger partial charge in [0.2, 0.25) is 0 Å². The van der Waals surface area contributed by atoms with E-state index in [0.717, 1.165) is 30.6 Å². The largest absolute Gasteiger partial charge is 0.393 e. The summed E-state index contributed by atoms with van der Waals surface area (Å²) in [6.07, 6.45) is 17.0. The van der Waals surface area contributed by atoms with Crippen LogP contribution in [0.2, 0.25) is 0 Å². The van der Waals surface area contributed by atoms with Crippen LogP contribution in [0.5, 0.6) is 0 Å². The zero-order valence-electron chi connectivity index (χ0n) is 16.1. The van der Waals surface area contributed by atoms with Crippen LogP contribution in [-0.4, -0.2) is 16.2 Å². The number of fused-ring (bicyclic) bond motifs is 5. The molecule has 5 rings (SSSR count). The molecule has 1 N–H and O–H groups in total. The molecule has 0 saturated heterocycles. The van der Waals surface area contributed by atoms with E-state index in [0.29, 0.717) is 10.8 Å². The highest BCUT2D eigenvalue weighted by atomic mass is 16.3. The lowest BCUT2D eigenvalue weighted by molar-refractivity contribution is -0.0238. The number of rotatable bonds is 1. The monoisotopic (exact) mass is 349 g/mol. The highest BCUT2D eigenvalue weighted by Crippen LogP contribution is 2.66. The molecule has 0 aliphatic heterocycles. The third-order valence-electron chi connectivity index (χ3n) is 8.63. The number of aromatic nitrogens is 1. The van der Waals surface area contributed by atoms with Crippen LogP contribution in [0.15, 0.2) is 42.3 Å². The number of aliphatic hydroxyl groups is 1. The van der Waals surface area contributed by atoms with Crippen molar-refractivity contribution < 1.29 is 5.11 Å². The third kappa shape index (κ3) is 2.24. The number of hydrogen-bond acceptors (Lipinski definition) is 2. The number of pyridine rings is 1. The van der Waals surface area contributed by atoms with E-state index in [1.807, 2.05) is 12.4 Å². The van der Waals surface area contributed by atoms with Crippen molar-refractivity contribution in [3.8, 4) is 0 Å². The quantitative estimate of drug-likeness (QED) is 0.689. The minimum Gasteiger partial charge on any atom is -0.393 e. The van der Waals surface area contributed by atoms with Crippen molar-refractivity contribution in [2.24, 2.45) is 28.6 Å². The summed E-state index contributed by atoms with van der Waals surface area (Å²) in [4.78, 5) is 4.38. The first-order valence-electron chi connectivity index (χ1n) is 10.5. The normalized spacial score (nSPS) is 44.4. The SMILES string of the molecule is CC12CC[C@H]3[C@@H](CC=C4C[C@@H](O)CC[C@@]43C)[C@@H]1CC=C2c1cccnc1. The fourth-order valence-corrected chi connectivity index (χ4v) is 7.18. The Bertz CT molecular complexity index is 766. The molecule has 2 heteroatoms. The third-order valence-corrected chi connectivity index (χ3v) is 8.63. The first kappa shape index (κ1) is 16.7. The summed E-state index contributed by atoms with van der Waals surface area (Å²) >= 11 is 0. The minimum atomic E-state index is -0.106. The summed E-state index contributed by atoms with van der Waals surface area (Å²) < 4.78 is 0. The Hall–Kier alpha value is -1.41. The van der Waals surface area contributed by atoms with Gasteiger partial charge in [-0.15, -0.1) is 0 Å². The van der Waals surface area contributed by atoms with E-state index in [1.54, 1.807) is 11.1 Å². The van der Waals surface area contributed by atoms with E-state index in [4.69, 9.17) is 0 Å². The van der Waals surface area contributed by atoms with Gasteiger partial charge in [0.05, 0.1) is 6.10 Å². The molecule has 1 heterocycles. The van der Waals surface area contributed by atoms with Crippen molar-refractivity contribution in [1.29, 1.82) is 0 Å². The van der Waals surface area contributed by atoms with Gasteiger partial charge in [-0.25, -0.2) is 0 Å². The van der Waals surface area contributed by atoms with Gasteiger partial charge in [-0.3, -0.25) is 4.98 Å². The molecular weight excluding hydrogens is 318 g/mol. The van der Waals surface area contributed by atoms with Crippen molar-refractivity contribution in [2.75, 3.05) is 0 Å². The Balaban J connectivity index is 1.48. The molecule has 6 atom stereocenters. The van der Waals surface area contributed by atoms with Crippen LogP contribution in [0, 0.1) is 28.6 Å². The number of aliphatic hydroxyl groups excluding tert-OH is 1. The lowest BCUT2D eigenvalue weighted by Gasteiger charge is -2.57.